The highest BCUT2D eigenvalue weighted by Gasteiger charge is 2.26. The van der Waals surface area contributed by atoms with E-state index in [1.807, 2.05) is 0 Å². The SMILES string of the molecule is CC(C)C1CCCC(NCC2CCCCC2CO)CC1. The first-order valence-electron chi connectivity index (χ1n) is 9.05. The van der Waals surface area contributed by atoms with Gasteiger partial charge in [-0.05, 0) is 62.3 Å². The fraction of sp³-hybridized carbons (Fsp3) is 1.00. The minimum atomic E-state index is 0.395. The van der Waals surface area contributed by atoms with Gasteiger partial charge in [0.2, 0.25) is 0 Å². The zero-order chi connectivity index (χ0) is 14.4. The van der Waals surface area contributed by atoms with Crippen molar-refractivity contribution in [3.63, 3.8) is 0 Å². The molecule has 0 heterocycles. The fourth-order valence-corrected chi connectivity index (χ4v) is 4.31. The molecule has 0 bridgehead atoms. The Balaban J connectivity index is 1.73. The molecule has 2 aliphatic rings. The van der Waals surface area contributed by atoms with Crippen LogP contribution in [-0.4, -0.2) is 24.3 Å². The molecule has 0 radical (unpaired) electrons. The van der Waals surface area contributed by atoms with Gasteiger partial charge in [-0.25, -0.2) is 0 Å². The molecule has 0 saturated heterocycles. The summed E-state index contributed by atoms with van der Waals surface area (Å²) in [4.78, 5) is 0. The van der Waals surface area contributed by atoms with E-state index in [0.29, 0.717) is 12.5 Å². The van der Waals surface area contributed by atoms with Gasteiger partial charge in [-0.15, -0.1) is 0 Å². The van der Waals surface area contributed by atoms with Gasteiger partial charge < -0.3 is 10.4 Å². The second kappa shape index (κ2) is 8.38. The van der Waals surface area contributed by atoms with Crippen LogP contribution in [0.15, 0.2) is 0 Å². The highest BCUT2D eigenvalue weighted by molar-refractivity contribution is 4.81. The van der Waals surface area contributed by atoms with Crippen molar-refractivity contribution in [2.75, 3.05) is 13.2 Å². The standard InChI is InChI=1S/C18H35NO/c1-14(2)15-8-5-9-18(11-10-15)19-12-16-6-3-4-7-17(16)13-20/h14-20H,3-13H2,1-2H3. The van der Waals surface area contributed by atoms with Crippen molar-refractivity contribution in [3.8, 4) is 0 Å². The second-order valence-corrected chi connectivity index (χ2v) is 7.60. The molecule has 0 aliphatic heterocycles. The fourth-order valence-electron chi connectivity index (χ4n) is 4.31. The lowest BCUT2D eigenvalue weighted by molar-refractivity contribution is 0.130. The van der Waals surface area contributed by atoms with Crippen molar-refractivity contribution in [1.82, 2.24) is 5.32 Å². The van der Waals surface area contributed by atoms with Gasteiger partial charge in [0.25, 0.3) is 0 Å². The van der Waals surface area contributed by atoms with Gasteiger partial charge in [0.1, 0.15) is 0 Å². The third kappa shape index (κ3) is 4.73. The van der Waals surface area contributed by atoms with Gasteiger partial charge in [0, 0.05) is 12.6 Å². The predicted octanol–water partition coefficient (Wildman–Crippen LogP) is 3.98. The molecule has 0 amide bonds. The molecule has 4 unspecified atom stereocenters. The van der Waals surface area contributed by atoms with Crippen LogP contribution in [-0.2, 0) is 0 Å². The molecule has 4 atom stereocenters. The Morgan fingerprint density at radius 2 is 1.65 bits per heavy atom. The molecule has 2 N–H and O–H groups in total. The quantitative estimate of drug-likeness (QED) is 0.747. The Labute approximate surface area is 125 Å². The maximum atomic E-state index is 9.51. The van der Waals surface area contributed by atoms with Crippen molar-refractivity contribution in [2.24, 2.45) is 23.7 Å². The van der Waals surface area contributed by atoms with Gasteiger partial charge in [-0.1, -0.05) is 39.5 Å². The first-order valence-corrected chi connectivity index (χ1v) is 9.05. The minimum absolute atomic E-state index is 0.395. The van der Waals surface area contributed by atoms with Crippen molar-refractivity contribution in [1.29, 1.82) is 0 Å². The molecule has 2 fully saturated rings. The number of rotatable bonds is 5. The molecule has 2 rings (SSSR count). The summed E-state index contributed by atoms with van der Waals surface area (Å²) in [6.45, 7) is 6.30. The summed E-state index contributed by atoms with van der Waals surface area (Å²) < 4.78 is 0. The van der Waals surface area contributed by atoms with Gasteiger partial charge in [0.05, 0.1) is 0 Å². The summed E-state index contributed by atoms with van der Waals surface area (Å²) in [7, 11) is 0. The maximum absolute atomic E-state index is 9.51. The van der Waals surface area contributed by atoms with Crippen molar-refractivity contribution >= 4 is 0 Å². The van der Waals surface area contributed by atoms with Crippen molar-refractivity contribution in [2.45, 2.75) is 77.7 Å². The Kier molecular flexibility index (Phi) is 6.83. The van der Waals surface area contributed by atoms with E-state index >= 15 is 0 Å². The Hall–Kier alpha value is -0.0800. The molecule has 20 heavy (non-hydrogen) atoms. The van der Waals surface area contributed by atoms with E-state index in [0.717, 1.165) is 30.3 Å². The van der Waals surface area contributed by atoms with Crippen molar-refractivity contribution in [3.05, 3.63) is 0 Å². The normalized spacial score (nSPS) is 36.0. The third-order valence-corrected chi connectivity index (χ3v) is 5.93. The second-order valence-electron chi connectivity index (χ2n) is 7.60. The Morgan fingerprint density at radius 1 is 0.900 bits per heavy atom. The van der Waals surface area contributed by atoms with Crippen LogP contribution < -0.4 is 5.32 Å². The number of nitrogens with one attached hydrogen (secondary N) is 1. The number of hydrogen-bond acceptors (Lipinski definition) is 2. The van der Waals surface area contributed by atoms with E-state index in [2.05, 4.69) is 19.2 Å². The molecule has 118 valence electrons. The van der Waals surface area contributed by atoms with Crippen LogP contribution in [0.3, 0.4) is 0 Å². The van der Waals surface area contributed by atoms with E-state index in [1.165, 1.54) is 57.8 Å². The lowest BCUT2D eigenvalue weighted by atomic mass is 9.79. The lowest BCUT2D eigenvalue weighted by Gasteiger charge is -2.31. The summed E-state index contributed by atoms with van der Waals surface area (Å²) in [6.07, 6.45) is 12.2. The van der Waals surface area contributed by atoms with E-state index in [1.54, 1.807) is 0 Å². The number of hydrogen-bond donors (Lipinski definition) is 2. The van der Waals surface area contributed by atoms with Crippen LogP contribution >= 0.6 is 0 Å². The molecule has 0 aromatic carbocycles. The first-order chi connectivity index (χ1) is 9.70. The van der Waals surface area contributed by atoms with Gasteiger partial charge in [-0.3, -0.25) is 0 Å². The molecular formula is C18H35NO. The van der Waals surface area contributed by atoms with Crippen LogP contribution in [0.5, 0.6) is 0 Å². The van der Waals surface area contributed by atoms with Gasteiger partial charge in [0.15, 0.2) is 0 Å². The van der Waals surface area contributed by atoms with Crippen LogP contribution in [0.2, 0.25) is 0 Å². The largest absolute Gasteiger partial charge is 0.396 e. The highest BCUT2D eigenvalue weighted by atomic mass is 16.3. The van der Waals surface area contributed by atoms with E-state index < -0.39 is 0 Å². The zero-order valence-corrected chi connectivity index (χ0v) is 13.6. The minimum Gasteiger partial charge on any atom is -0.396 e. The smallest absolute Gasteiger partial charge is 0.0462 e. The zero-order valence-electron chi connectivity index (χ0n) is 13.6. The number of aliphatic hydroxyl groups is 1. The van der Waals surface area contributed by atoms with Crippen LogP contribution in [0.4, 0.5) is 0 Å². The van der Waals surface area contributed by atoms with Crippen molar-refractivity contribution < 1.29 is 5.11 Å². The summed E-state index contributed by atoms with van der Waals surface area (Å²) in [5.41, 5.74) is 0. The molecule has 2 nitrogen and oxygen atoms in total. The highest BCUT2D eigenvalue weighted by Crippen LogP contribution is 2.31. The summed E-state index contributed by atoms with van der Waals surface area (Å²) in [6, 6.07) is 0.736. The van der Waals surface area contributed by atoms with Gasteiger partial charge in [-0.2, -0.15) is 0 Å². The van der Waals surface area contributed by atoms with Gasteiger partial charge >= 0.3 is 0 Å². The Bertz CT molecular complexity index is 266. The average Bonchev–Trinajstić information content (AvgIpc) is 2.71. The topological polar surface area (TPSA) is 32.3 Å². The molecule has 2 saturated carbocycles. The monoisotopic (exact) mass is 281 g/mol. The van der Waals surface area contributed by atoms with Crippen LogP contribution in [0.1, 0.15) is 71.6 Å². The molecule has 2 heteroatoms. The molecule has 0 spiro atoms. The van der Waals surface area contributed by atoms with E-state index in [-0.39, 0.29) is 0 Å². The average molecular weight is 281 g/mol. The van der Waals surface area contributed by atoms with Crippen LogP contribution in [0, 0.1) is 23.7 Å². The third-order valence-electron chi connectivity index (χ3n) is 5.93. The molecular weight excluding hydrogens is 246 g/mol. The lowest BCUT2D eigenvalue weighted by Crippen LogP contribution is -2.37. The van der Waals surface area contributed by atoms with E-state index in [9.17, 15) is 5.11 Å². The number of aliphatic hydroxyl groups excluding tert-OH is 1. The van der Waals surface area contributed by atoms with Crippen LogP contribution in [0.25, 0.3) is 0 Å². The maximum Gasteiger partial charge on any atom is 0.0462 e. The first kappa shape index (κ1) is 16.3. The molecule has 0 aromatic rings. The summed E-state index contributed by atoms with van der Waals surface area (Å²) in [5.74, 6) is 3.08. The summed E-state index contributed by atoms with van der Waals surface area (Å²) >= 11 is 0. The molecule has 0 aromatic heterocycles. The van der Waals surface area contributed by atoms with E-state index in [4.69, 9.17) is 0 Å². The summed E-state index contributed by atoms with van der Waals surface area (Å²) in [5, 5.41) is 13.4. The predicted molar refractivity (Wildman–Crippen MR) is 85.7 cm³/mol. The Morgan fingerprint density at radius 3 is 2.35 bits per heavy atom. The molecule has 2 aliphatic carbocycles.